The van der Waals surface area contributed by atoms with Gasteiger partial charge in [-0.2, -0.15) is 0 Å². The van der Waals surface area contributed by atoms with E-state index in [9.17, 15) is 0 Å². The molecule has 0 amide bonds. The summed E-state index contributed by atoms with van der Waals surface area (Å²) in [6.45, 7) is 0. The second-order valence-corrected chi connectivity index (χ2v) is 19.4. The van der Waals surface area contributed by atoms with E-state index in [1.807, 2.05) is 22.7 Å². The van der Waals surface area contributed by atoms with Crippen molar-refractivity contribution in [3.8, 4) is 22.3 Å². The Hall–Kier alpha value is -7.82. The monoisotopic (exact) mass is 859 g/mol. The molecule has 0 saturated heterocycles. The number of anilines is 3. The van der Waals surface area contributed by atoms with Crippen molar-refractivity contribution >= 4 is 134 Å². The van der Waals surface area contributed by atoms with Gasteiger partial charge in [0.25, 0.3) is 0 Å². The molecular weight excluding hydrogens is 823 g/mol. The second-order valence-electron chi connectivity index (χ2n) is 17.2. The Balaban J connectivity index is 0.911. The van der Waals surface area contributed by atoms with E-state index >= 15 is 0 Å². The summed E-state index contributed by atoms with van der Waals surface area (Å²) in [5, 5.41) is 17.7. The lowest BCUT2D eigenvalue weighted by atomic mass is 9.94. The van der Waals surface area contributed by atoms with Gasteiger partial charge in [0.1, 0.15) is 0 Å². The predicted octanol–water partition coefficient (Wildman–Crippen LogP) is 19.0. The van der Waals surface area contributed by atoms with E-state index in [2.05, 4.69) is 229 Å². The van der Waals surface area contributed by atoms with E-state index in [0.717, 1.165) is 17.1 Å². The van der Waals surface area contributed by atoms with Crippen molar-refractivity contribution in [2.24, 2.45) is 0 Å². The van der Waals surface area contributed by atoms with Crippen LogP contribution >= 0.6 is 22.7 Å². The fraction of sp³-hybridized carbons (Fsp3) is 0. The van der Waals surface area contributed by atoms with Gasteiger partial charge >= 0.3 is 0 Å². The summed E-state index contributed by atoms with van der Waals surface area (Å²) in [6.07, 6.45) is 0. The largest absolute Gasteiger partial charge is 0.310 e. The van der Waals surface area contributed by atoms with Crippen LogP contribution in [0.2, 0.25) is 0 Å². The lowest BCUT2D eigenvalue weighted by Gasteiger charge is -2.27. The van der Waals surface area contributed by atoms with Crippen LogP contribution in [0.4, 0.5) is 17.1 Å². The van der Waals surface area contributed by atoms with Crippen molar-refractivity contribution in [3.05, 3.63) is 224 Å². The molecule has 12 aromatic carbocycles. The first-order valence-corrected chi connectivity index (χ1v) is 23.9. The molecule has 0 bridgehead atoms. The Labute approximate surface area is 383 Å². The summed E-state index contributed by atoms with van der Waals surface area (Å²) in [5.74, 6) is 0. The highest BCUT2D eigenvalue weighted by Gasteiger charge is 2.19. The van der Waals surface area contributed by atoms with Crippen molar-refractivity contribution in [1.82, 2.24) is 0 Å². The molecular formula is C62H37NS2. The average molecular weight is 860 g/mol. The summed E-state index contributed by atoms with van der Waals surface area (Å²) in [4.78, 5) is 2.43. The number of hydrogen-bond acceptors (Lipinski definition) is 3. The van der Waals surface area contributed by atoms with Gasteiger partial charge in [0.05, 0.1) is 0 Å². The highest BCUT2D eigenvalue weighted by Crippen LogP contribution is 2.46. The molecule has 1 nitrogen and oxygen atoms in total. The summed E-state index contributed by atoms with van der Waals surface area (Å²) >= 11 is 3.79. The summed E-state index contributed by atoms with van der Waals surface area (Å²) in [7, 11) is 0. The van der Waals surface area contributed by atoms with Crippen LogP contribution in [0.3, 0.4) is 0 Å². The van der Waals surface area contributed by atoms with Crippen LogP contribution in [0, 0.1) is 0 Å². The highest BCUT2D eigenvalue weighted by atomic mass is 32.1. The number of nitrogens with zero attached hydrogens (tertiary/aromatic N) is 1. The van der Waals surface area contributed by atoms with Gasteiger partial charge in [-0.25, -0.2) is 0 Å². The van der Waals surface area contributed by atoms with Crippen molar-refractivity contribution in [1.29, 1.82) is 0 Å². The van der Waals surface area contributed by atoms with Gasteiger partial charge in [-0.1, -0.05) is 158 Å². The van der Waals surface area contributed by atoms with E-state index in [1.165, 1.54) is 116 Å². The van der Waals surface area contributed by atoms with Gasteiger partial charge in [0.15, 0.2) is 0 Å². The lowest BCUT2D eigenvalue weighted by Crippen LogP contribution is -2.10. The molecule has 3 heteroatoms. The number of thiophene rings is 2. The molecule has 14 aromatic rings. The number of rotatable bonds is 5. The third-order valence-corrected chi connectivity index (χ3v) is 16.0. The normalized spacial score (nSPS) is 12.0. The molecule has 65 heavy (non-hydrogen) atoms. The first-order chi connectivity index (χ1) is 32.2. The molecule has 0 fully saturated rings. The summed E-state index contributed by atoms with van der Waals surface area (Å²) in [6, 6.07) is 83.6. The minimum absolute atomic E-state index is 1.12. The molecule has 0 aliphatic rings. The van der Waals surface area contributed by atoms with Gasteiger partial charge in [0.2, 0.25) is 0 Å². The molecule has 0 unspecified atom stereocenters. The van der Waals surface area contributed by atoms with Gasteiger partial charge in [-0.3, -0.25) is 0 Å². The highest BCUT2D eigenvalue weighted by molar-refractivity contribution is 7.26. The minimum Gasteiger partial charge on any atom is -0.310 e. The van der Waals surface area contributed by atoms with Gasteiger partial charge in [-0.05, 0) is 137 Å². The first kappa shape index (κ1) is 36.6. The van der Waals surface area contributed by atoms with E-state index < -0.39 is 0 Å². The number of benzene rings is 12. The van der Waals surface area contributed by atoms with Crippen LogP contribution in [-0.2, 0) is 0 Å². The minimum atomic E-state index is 1.12. The third-order valence-electron chi connectivity index (χ3n) is 13.5. The van der Waals surface area contributed by atoms with Crippen molar-refractivity contribution in [3.63, 3.8) is 0 Å². The average Bonchev–Trinajstić information content (AvgIpc) is 3.94. The van der Waals surface area contributed by atoms with Crippen LogP contribution in [0.1, 0.15) is 0 Å². The van der Waals surface area contributed by atoms with Crippen LogP contribution in [0.5, 0.6) is 0 Å². The fourth-order valence-electron chi connectivity index (χ4n) is 10.4. The molecule has 0 spiro atoms. The number of fused-ring (bicyclic) bond motifs is 12. The van der Waals surface area contributed by atoms with Crippen LogP contribution < -0.4 is 4.90 Å². The maximum absolute atomic E-state index is 2.43. The molecule has 302 valence electrons. The zero-order valence-corrected chi connectivity index (χ0v) is 36.8. The first-order valence-electron chi connectivity index (χ1n) is 22.2. The second kappa shape index (κ2) is 14.4. The zero-order chi connectivity index (χ0) is 42.6. The van der Waals surface area contributed by atoms with Crippen LogP contribution in [0.25, 0.3) is 116 Å². The van der Waals surface area contributed by atoms with E-state index in [0.29, 0.717) is 0 Å². The Morgan fingerprint density at radius 2 is 0.738 bits per heavy atom. The molecule has 0 atom stereocenters. The summed E-state index contributed by atoms with van der Waals surface area (Å²) < 4.78 is 5.34. The zero-order valence-electron chi connectivity index (χ0n) is 35.1. The quantitative estimate of drug-likeness (QED) is 0.156. The smallest absolute Gasteiger partial charge is 0.0468 e. The Morgan fingerprint density at radius 1 is 0.262 bits per heavy atom. The van der Waals surface area contributed by atoms with Crippen LogP contribution in [0.15, 0.2) is 224 Å². The molecule has 0 N–H and O–H groups in total. The van der Waals surface area contributed by atoms with Gasteiger partial charge < -0.3 is 4.90 Å². The molecule has 0 aliphatic heterocycles. The molecule has 0 saturated carbocycles. The van der Waals surface area contributed by atoms with Crippen LogP contribution in [-0.4, -0.2) is 0 Å². The standard InChI is InChI=1S/C62H37NS2/c1-3-12-50-38(10-1)20-23-45-36-49(30-31-51(45)50)63(47-28-26-39-32-44(24-21-41(39)34-47)53-16-9-17-56-54-14-5-7-18-58(54)64-61(53)56)48-29-27-40-33-46(25-22-42(40)35-48)60-52-13-4-2-11-43(52)37-57-55-15-6-8-19-59(55)65-62(57)60/h1-37H. The topological polar surface area (TPSA) is 3.24 Å². The maximum atomic E-state index is 2.43. The fourth-order valence-corrected chi connectivity index (χ4v) is 12.9. The van der Waals surface area contributed by atoms with E-state index in [1.54, 1.807) is 0 Å². The molecule has 0 aliphatic carbocycles. The molecule has 2 aromatic heterocycles. The summed E-state index contributed by atoms with van der Waals surface area (Å²) in [5.41, 5.74) is 8.45. The SMILES string of the molecule is c1ccc2c(-c3ccc4cc(N(c5ccc6cc(-c7cccc8c7sc7ccccc78)ccc6c5)c5ccc6c(ccc7ccccc76)c5)ccc4c3)c3sc4ccccc4c3cc2c1. The molecule has 2 heterocycles. The molecule has 14 rings (SSSR count). The number of hydrogen-bond donors (Lipinski definition) is 0. The maximum Gasteiger partial charge on any atom is 0.0468 e. The van der Waals surface area contributed by atoms with Crippen molar-refractivity contribution in [2.75, 3.05) is 4.90 Å². The lowest BCUT2D eigenvalue weighted by molar-refractivity contribution is 1.30. The van der Waals surface area contributed by atoms with E-state index in [-0.39, 0.29) is 0 Å². The van der Waals surface area contributed by atoms with Crippen molar-refractivity contribution < 1.29 is 0 Å². The Kier molecular flexibility index (Phi) is 8.09. The van der Waals surface area contributed by atoms with Gasteiger partial charge in [0, 0.05) is 63.0 Å². The van der Waals surface area contributed by atoms with Gasteiger partial charge in [-0.15, -0.1) is 22.7 Å². The third kappa shape index (κ3) is 5.83. The Bertz CT molecular complexity index is 4270. The predicted molar refractivity (Wildman–Crippen MR) is 285 cm³/mol. The molecule has 0 radical (unpaired) electrons. The van der Waals surface area contributed by atoms with E-state index in [4.69, 9.17) is 0 Å². The van der Waals surface area contributed by atoms with Crippen molar-refractivity contribution in [2.45, 2.75) is 0 Å². The Morgan fingerprint density at radius 3 is 1.49 bits per heavy atom.